The zero-order valence-electron chi connectivity index (χ0n) is 15.3. The maximum absolute atomic E-state index is 5.93. The number of aliphatic imine (C=N–C) groups is 1. The number of aromatic nitrogens is 1. The highest BCUT2D eigenvalue weighted by Gasteiger charge is 2.02. The third-order valence-electron chi connectivity index (χ3n) is 3.46. The van der Waals surface area contributed by atoms with Crippen molar-refractivity contribution < 1.29 is 4.74 Å². The molecule has 1 aromatic heterocycles. The fourth-order valence-corrected chi connectivity index (χ4v) is 3.25. The van der Waals surface area contributed by atoms with E-state index < -0.39 is 0 Å². The van der Waals surface area contributed by atoms with Crippen LogP contribution in [-0.2, 0) is 0 Å². The van der Waals surface area contributed by atoms with Gasteiger partial charge in [0, 0.05) is 12.2 Å². The van der Waals surface area contributed by atoms with E-state index in [4.69, 9.17) is 10.5 Å². The Hall–Kier alpha value is -2.07. The Morgan fingerprint density at radius 3 is 2.63 bits per heavy atom. The monoisotopic (exact) mass is 497 g/mol. The second-order valence-electron chi connectivity index (χ2n) is 6.00. The fourth-order valence-electron chi connectivity index (χ4n) is 2.36. The number of nitrogens with one attached hydrogen (secondary N) is 2. The number of thiazole rings is 1. The Morgan fingerprint density at radius 2 is 1.93 bits per heavy atom. The first kappa shape index (κ1) is 21.2. The van der Waals surface area contributed by atoms with Crippen LogP contribution < -0.4 is 21.1 Å². The molecule has 0 unspecified atom stereocenters. The molecule has 4 N–H and O–H groups in total. The van der Waals surface area contributed by atoms with Crippen LogP contribution in [0, 0.1) is 0 Å². The van der Waals surface area contributed by atoms with Gasteiger partial charge in [-0.25, -0.2) is 4.98 Å². The maximum Gasteiger partial charge on any atom is 0.193 e. The minimum Gasteiger partial charge on any atom is -0.491 e. The molecule has 0 bridgehead atoms. The third kappa shape index (κ3) is 6.55. The zero-order chi connectivity index (χ0) is 18.4. The summed E-state index contributed by atoms with van der Waals surface area (Å²) >= 11 is 1.63. The number of benzene rings is 2. The van der Waals surface area contributed by atoms with Gasteiger partial charge in [-0.05, 0) is 50.2 Å². The smallest absolute Gasteiger partial charge is 0.193 e. The highest BCUT2D eigenvalue weighted by atomic mass is 127. The van der Waals surface area contributed by atoms with E-state index >= 15 is 0 Å². The van der Waals surface area contributed by atoms with Crippen molar-refractivity contribution in [2.24, 2.45) is 10.7 Å². The lowest BCUT2D eigenvalue weighted by Crippen LogP contribution is -2.23. The zero-order valence-corrected chi connectivity index (χ0v) is 18.5. The van der Waals surface area contributed by atoms with E-state index in [9.17, 15) is 0 Å². The van der Waals surface area contributed by atoms with Crippen molar-refractivity contribution in [2.45, 2.75) is 20.0 Å². The molecule has 144 valence electrons. The molecular weight excluding hydrogens is 473 g/mol. The summed E-state index contributed by atoms with van der Waals surface area (Å²) < 4.78 is 6.79. The molecule has 0 aliphatic rings. The number of nitrogens with two attached hydrogens (primary N) is 1. The summed E-state index contributed by atoms with van der Waals surface area (Å²) in [7, 11) is 0. The quantitative estimate of drug-likeness (QED) is 0.193. The minimum atomic E-state index is 0. The van der Waals surface area contributed by atoms with Crippen LogP contribution in [-0.4, -0.2) is 30.1 Å². The van der Waals surface area contributed by atoms with Gasteiger partial charge in [0.15, 0.2) is 11.1 Å². The Kier molecular flexibility index (Phi) is 8.11. The summed E-state index contributed by atoms with van der Waals surface area (Å²) in [6.07, 6.45) is 0.156. The largest absolute Gasteiger partial charge is 0.491 e. The normalized spacial score (nSPS) is 11.3. The number of hydrogen-bond acceptors (Lipinski definition) is 5. The van der Waals surface area contributed by atoms with Gasteiger partial charge < -0.3 is 21.1 Å². The average molecular weight is 497 g/mol. The molecule has 1 heterocycles. The van der Waals surface area contributed by atoms with E-state index in [0.717, 1.165) is 22.1 Å². The van der Waals surface area contributed by atoms with Gasteiger partial charge in [-0.2, -0.15) is 0 Å². The molecule has 0 saturated carbocycles. The van der Waals surface area contributed by atoms with Gasteiger partial charge in [0.05, 0.1) is 22.9 Å². The third-order valence-corrected chi connectivity index (χ3v) is 4.46. The van der Waals surface area contributed by atoms with Gasteiger partial charge in [0.2, 0.25) is 0 Å². The first-order chi connectivity index (χ1) is 12.6. The predicted molar refractivity (Wildman–Crippen MR) is 126 cm³/mol. The van der Waals surface area contributed by atoms with Gasteiger partial charge in [0.25, 0.3) is 0 Å². The van der Waals surface area contributed by atoms with E-state index in [1.54, 1.807) is 11.3 Å². The van der Waals surface area contributed by atoms with Crippen LogP contribution in [0.4, 0.5) is 10.8 Å². The van der Waals surface area contributed by atoms with Crippen LogP contribution in [0.3, 0.4) is 0 Å². The summed E-state index contributed by atoms with van der Waals surface area (Å²) in [6.45, 7) is 5.23. The lowest BCUT2D eigenvalue weighted by atomic mass is 10.3. The molecule has 6 nitrogen and oxygen atoms in total. The number of guanidine groups is 1. The fraction of sp³-hybridized carbons (Fsp3) is 0.263. The van der Waals surface area contributed by atoms with Crippen LogP contribution in [0.2, 0.25) is 0 Å². The second kappa shape index (κ2) is 10.3. The van der Waals surface area contributed by atoms with E-state index in [1.165, 1.54) is 4.70 Å². The Bertz CT molecular complexity index is 846. The Morgan fingerprint density at radius 1 is 1.19 bits per heavy atom. The predicted octanol–water partition coefficient (Wildman–Crippen LogP) is 4.54. The van der Waals surface area contributed by atoms with Crippen molar-refractivity contribution in [3.05, 3.63) is 48.5 Å². The molecule has 2 aromatic carbocycles. The number of rotatable bonds is 7. The van der Waals surface area contributed by atoms with Gasteiger partial charge >= 0.3 is 0 Å². The van der Waals surface area contributed by atoms with Crippen molar-refractivity contribution in [1.29, 1.82) is 0 Å². The van der Waals surface area contributed by atoms with Gasteiger partial charge in [0.1, 0.15) is 5.75 Å². The second-order valence-corrected chi connectivity index (χ2v) is 7.03. The molecule has 3 aromatic rings. The van der Waals surface area contributed by atoms with Crippen LogP contribution in [0.1, 0.15) is 13.8 Å². The number of ether oxygens (including phenoxy) is 1. The molecule has 0 aliphatic heterocycles. The molecule has 0 aliphatic carbocycles. The van der Waals surface area contributed by atoms with Crippen molar-refractivity contribution in [2.75, 3.05) is 23.7 Å². The molecule has 27 heavy (non-hydrogen) atoms. The van der Waals surface area contributed by atoms with Crippen molar-refractivity contribution in [3.63, 3.8) is 0 Å². The molecule has 0 amide bonds. The van der Waals surface area contributed by atoms with Gasteiger partial charge in [-0.1, -0.05) is 23.5 Å². The first-order valence-electron chi connectivity index (χ1n) is 8.53. The molecule has 0 spiro atoms. The molecule has 0 saturated heterocycles. The highest BCUT2D eigenvalue weighted by Crippen LogP contribution is 2.25. The summed E-state index contributed by atoms with van der Waals surface area (Å²) in [5.74, 6) is 1.22. The summed E-state index contributed by atoms with van der Waals surface area (Å²) in [4.78, 5) is 8.85. The standard InChI is InChI=1S/C19H23N5OS.HI/c1-13(2)25-15-9-7-14(8-10-15)23-18(20)21-11-12-22-19-24-16-5-3-4-6-17(16)26-19;/h3-10,13H,11-12H2,1-2H3,(H,22,24)(H3,20,21,23);1H. The van der Waals surface area contributed by atoms with Crippen molar-refractivity contribution in [3.8, 4) is 5.75 Å². The molecule has 0 fully saturated rings. The lowest BCUT2D eigenvalue weighted by Gasteiger charge is -2.11. The topological polar surface area (TPSA) is 84.6 Å². The van der Waals surface area contributed by atoms with Crippen LogP contribution >= 0.6 is 35.3 Å². The lowest BCUT2D eigenvalue weighted by molar-refractivity contribution is 0.242. The summed E-state index contributed by atoms with van der Waals surface area (Å²) in [5.41, 5.74) is 7.82. The Balaban J connectivity index is 0.00000261. The Labute approximate surface area is 180 Å². The van der Waals surface area contributed by atoms with Crippen LogP contribution in [0.25, 0.3) is 10.2 Å². The van der Waals surface area contributed by atoms with Gasteiger partial charge in [-0.3, -0.25) is 4.99 Å². The summed E-state index contributed by atoms with van der Waals surface area (Å²) in [6, 6.07) is 15.7. The van der Waals surface area contributed by atoms with Crippen LogP contribution in [0.5, 0.6) is 5.75 Å². The van der Waals surface area contributed by atoms with Crippen molar-refractivity contribution in [1.82, 2.24) is 4.98 Å². The number of hydrogen-bond donors (Lipinski definition) is 3. The van der Waals surface area contributed by atoms with E-state index in [1.807, 2.05) is 56.3 Å². The van der Waals surface area contributed by atoms with Crippen LogP contribution in [0.15, 0.2) is 53.5 Å². The minimum absolute atomic E-state index is 0. The van der Waals surface area contributed by atoms with E-state index in [-0.39, 0.29) is 30.1 Å². The molecule has 0 atom stereocenters. The highest BCUT2D eigenvalue weighted by molar-refractivity contribution is 14.0. The molecule has 3 rings (SSSR count). The first-order valence-corrected chi connectivity index (χ1v) is 9.35. The maximum atomic E-state index is 5.93. The molecule has 8 heteroatoms. The van der Waals surface area contributed by atoms with E-state index in [2.05, 4.69) is 26.7 Å². The number of para-hydroxylation sites is 1. The summed E-state index contributed by atoms with van der Waals surface area (Å²) in [5, 5.41) is 7.25. The average Bonchev–Trinajstić information content (AvgIpc) is 3.03. The number of fused-ring (bicyclic) bond motifs is 1. The van der Waals surface area contributed by atoms with Crippen molar-refractivity contribution >= 4 is 62.3 Å². The number of halogens is 1. The SMILES string of the molecule is CC(C)Oc1ccc(NC(N)=NCCNc2nc3ccccc3s2)cc1.I. The van der Waals surface area contributed by atoms with Gasteiger partial charge in [-0.15, -0.1) is 24.0 Å². The molecular formula is C19H24IN5OS. The molecule has 0 radical (unpaired) electrons. The number of anilines is 2. The number of nitrogens with zero attached hydrogens (tertiary/aromatic N) is 2. The van der Waals surface area contributed by atoms with E-state index in [0.29, 0.717) is 19.0 Å².